The van der Waals surface area contributed by atoms with Gasteiger partial charge in [-0.3, -0.25) is 4.18 Å². The third-order valence-electron chi connectivity index (χ3n) is 3.77. The Balaban J connectivity index is 2.70. The van der Waals surface area contributed by atoms with Gasteiger partial charge in [-0.2, -0.15) is 0 Å². The zero-order valence-corrected chi connectivity index (χ0v) is 12.8. The summed E-state index contributed by atoms with van der Waals surface area (Å²) in [6, 6.07) is 0. The van der Waals surface area contributed by atoms with Crippen molar-refractivity contribution in [1.82, 2.24) is 0 Å². The molecule has 1 rings (SSSR count). The minimum absolute atomic E-state index is 0.0119. The molecule has 0 saturated carbocycles. The summed E-state index contributed by atoms with van der Waals surface area (Å²) < 4.78 is 47.3. The van der Waals surface area contributed by atoms with Crippen molar-refractivity contribution >= 4 is 10.4 Å². The first-order valence-corrected chi connectivity index (χ1v) is 7.86. The fraction of sp³-hybridized carbons (Fsp3) is 1.00. The fourth-order valence-corrected chi connectivity index (χ4v) is 2.55. The number of hydrogen-bond donors (Lipinski definition) is 0. The van der Waals surface area contributed by atoms with Gasteiger partial charge < -0.3 is 14.0 Å². The lowest BCUT2D eigenvalue weighted by Crippen LogP contribution is -2.48. The van der Waals surface area contributed by atoms with Crippen LogP contribution in [-0.2, 0) is 24.1 Å². The zero-order valence-electron chi connectivity index (χ0n) is 12.0. The molecule has 0 N–H and O–H groups in total. The van der Waals surface area contributed by atoms with E-state index < -0.39 is 22.8 Å². The maximum Gasteiger partial charge on any atom is 0.217 e. The van der Waals surface area contributed by atoms with Gasteiger partial charge in [0.15, 0.2) is 6.29 Å². The van der Waals surface area contributed by atoms with Crippen LogP contribution >= 0.6 is 0 Å². The molecule has 0 amide bonds. The average molecular weight is 295 g/mol. The molecule has 1 aliphatic heterocycles. The van der Waals surface area contributed by atoms with E-state index in [0.717, 1.165) is 0 Å². The molecule has 0 aromatic heterocycles. The van der Waals surface area contributed by atoms with Crippen molar-refractivity contribution in [3.8, 4) is 0 Å². The van der Waals surface area contributed by atoms with Crippen molar-refractivity contribution < 1.29 is 26.6 Å². The van der Waals surface area contributed by atoms with E-state index in [1.807, 2.05) is 27.7 Å². The monoisotopic (exact) mass is 295 g/mol. The van der Waals surface area contributed by atoms with Gasteiger partial charge in [-0.1, -0.05) is 20.8 Å². The summed E-state index contributed by atoms with van der Waals surface area (Å²) in [6.45, 7) is 9.61. The van der Waals surface area contributed by atoms with E-state index in [1.54, 1.807) is 0 Å². The van der Waals surface area contributed by atoms with Crippen LogP contribution < -0.4 is 0 Å². The van der Waals surface area contributed by atoms with Crippen molar-refractivity contribution in [3.63, 3.8) is 0 Å². The van der Waals surface area contributed by atoms with Gasteiger partial charge in [0.2, 0.25) is 10.4 Å². The fourth-order valence-electron chi connectivity index (χ4n) is 2.25. The second-order valence-electron chi connectivity index (χ2n) is 5.50. The second-order valence-corrected chi connectivity index (χ2v) is 6.55. The molecule has 1 heterocycles. The van der Waals surface area contributed by atoms with Gasteiger partial charge in [-0.05, 0) is 25.7 Å². The first kappa shape index (κ1) is 16.8. The maximum absolute atomic E-state index is 10.5. The second kappa shape index (κ2) is 6.49. The Kier molecular flexibility index (Phi) is 5.76. The number of rotatable bonds is 5. The van der Waals surface area contributed by atoms with Crippen molar-refractivity contribution in [2.45, 2.75) is 53.1 Å². The van der Waals surface area contributed by atoms with Crippen LogP contribution in [0.4, 0.5) is 0 Å². The summed E-state index contributed by atoms with van der Waals surface area (Å²) in [6.07, 6.45) is -0.856. The molecule has 1 saturated heterocycles. The van der Waals surface area contributed by atoms with E-state index in [9.17, 15) is 13.0 Å². The Morgan fingerprint density at radius 3 is 2.21 bits per heavy atom. The molecule has 0 aliphatic carbocycles. The minimum Gasteiger partial charge on any atom is -0.726 e. The van der Waals surface area contributed by atoms with Gasteiger partial charge in [0.25, 0.3) is 0 Å². The Labute approximate surface area is 115 Å². The molecular formula is C12H23O6S-. The molecule has 0 aromatic carbocycles. The molecule has 1 aliphatic rings. The molecule has 3 unspecified atom stereocenters. The number of hydrogen-bond acceptors (Lipinski definition) is 6. The molecule has 0 bridgehead atoms. The quantitative estimate of drug-likeness (QED) is 0.565. The van der Waals surface area contributed by atoms with E-state index in [4.69, 9.17) is 9.47 Å². The summed E-state index contributed by atoms with van der Waals surface area (Å²) >= 11 is 0. The van der Waals surface area contributed by atoms with Crippen LogP contribution in [0.3, 0.4) is 0 Å². The molecular weight excluding hydrogens is 272 g/mol. The summed E-state index contributed by atoms with van der Waals surface area (Å²) in [5.74, 6) is 0.557. The van der Waals surface area contributed by atoms with Crippen molar-refractivity contribution in [1.29, 1.82) is 0 Å². The van der Waals surface area contributed by atoms with Gasteiger partial charge in [-0.15, -0.1) is 0 Å². The Morgan fingerprint density at radius 1 is 1.16 bits per heavy atom. The maximum atomic E-state index is 10.5. The molecule has 114 valence electrons. The summed E-state index contributed by atoms with van der Waals surface area (Å²) in [4.78, 5) is 0. The van der Waals surface area contributed by atoms with Crippen LogP contribution in [0, 0.1) is 17.8 Å². The minimum atomic E-state index is -4.69. The smallest absolute Gasteiger partial charge is 0.217 e. The lowest BCUT2D eigenvalue weighted by molar-refractivity contribution is -0.263. The molecule has 0 radical (unpaired) electrons. The van der Waals surface area contributed by atoms with Gasteiger partial charge in [-0.25, -0.2) is 8.42 Å². The molecule has 1 fully saturated rings. The molecule has 19 heavy (non-hydrogen) atoms. The van der Waals surface area contributed by atoms with E-state index in [1.165, 1.54) is 0 Å². The zero-order chi connectivity index (χ0) is 14.8. The predicted octanol–water partition coefficient (Wildman–Crippen LogP) is 1.52. The van der Waals surface area contributed by atoms with Crippen LogP contribution in [0.1, 0.15) is 34.6 Å². The SMILES string of the molecule is CC(C)O[C@@H]1OC(COS(=O)(=O)[O-])[C@@H](C)C(C)C1C. The van der Waals surface area contributed by atoms with Crippen molar-refractivity contribution in [3.05, 3.63) is 0 Å². The largest absolute Gasteiger partial charge is 0.726 e. The van der Waals surface area contributed by atoms with Crippen LogP contribution in [-0.4, -0.2) is 38.1 Å². The van der Waals surface area contributed by atoms with E-state index >= 15 is 0 Å². The summed E-state index contributed by atoms with van der Waals surface area (Å²) in [5.41, 5.74) is 0. The van der Waals surface area contributed by atoms with Crippen molar-refractivity contribution in [2.75, 3.05) is 6.61 Å². The molecule has 7 heteroatoms. The van der Waals surface area contributed by atoms with Crippen LogP contribution in [0.15, 0.2) is 0 Å². The van der Waals surface area contributed by atoms with Gasteiger partial charge >= 0.3 is 0 Å². The Morgan fingerprint density at radius 2 is 1.74 bits per heavy atom. The highest BCUT2D eigenvalue weighted by molar-refractivity contribution is 7.80. The Bertz CT molecular complexity index is 380. The molecule has 6 nitrogen and oxygen atoms in total. The van der Waals surface area contributed by atoms with Gasteiger partial charge in [0.05, 0.1) is 18.8 Å². The molecule has 5 atom stereocenters. The van der Waals surface area contributed by atoms with Crippen LogP contribution in [0.2, 0.25) is 0 Å². The van der Waals surface area contributed by atoms with Gasteiger partial charge in [0.1, 0.15) is 0 Å². The standard InChI is InChI=1S/C12H24O6S/c1-7(2)17-12-10(5)8(3)9(4)11(18-12)6-16-19(13,14)15/h7-12H,6H2,1-5H3,(H,13,14,15)/p-1/t8?,9-,10?,11?,12+/m0/s1. The topological polar surface area (TPSA) is 84.9 Å². The van der Waals surface area contributed by atoms with Crippen LogP contribution in [0.25, 0.3) is 0 Å². The van der Waals surface area contributed by atoms with Crippen LogP contribution in [0.5, 0.6) is 0 Å². The lowest BCUT2D eigenvalue weighted by atomic mass is 9.79. The van der Waals surface area contributed by atoms with E-state index in [2.05, 4.69) is 11.1 Å². The lowest BCUT2D eigenvalue weighted by Gasteiger charge is -2.43. The average Bonchev–Trinajstić information content (AvgIpc) is 2.26. The molecule has 0 spiro atoms. The highest BCUT2D eigenvalue weighted by atomic mass is 32.3. The summed E-state index contributed by atoms with van der Waals surface area (Å²) in [7, 11) is -4.69. The van der Waals surface area contributed by atoms with Gasteiger partial charge in [0, 0.05) is 5.92 Å². The number of ether oxygens (including phenoxy) is 2. The third-order valence-corrected chi connectivity index (χ3v) is 4.19. The van der Waals surface area contributed by atoms with Crippen molar-refractivity contribution in [2.24, 2.45) is 17.8 Å². The summed E-state index contributed by atoms with van der Waals surface area (Å²) in [5, 5.41) is 0. The highest BCUT2D eigenvalue weighted by Gasteiger charge is 2.40. The predicted molar refractivity (Wildman–Crippen MR) is 68.0 cm³/mol. The highest BCUT2D eigenvalue weighted by Crippen LogP contribution is 2.36. The first-order chi connectivity index (χ1) is 8.61. The van der Waals surface area contributed by atoms with E-state index in [-0.39, 0.29) is 30.5 Å². The normalized spacial score (nSPS) is 36.7. The molecule has 0 aromatic rings. The van der Waals surface area contributed by atoms with E-state index in [0.29, 0.717) is 0 Å². The Hall–Kier alpha value is -0.210. The third kappa shape index (κ3) is 5.00. The first-order valence-electron chi connectivity index (χ1n) is 6.53.